The van der Waals surface area contributed by atoms with Gasteiger partial charge in [-0.3, -0.25) is 0 Å². The summed E-state index contributed by atoms with van der Waals surface area (Å²) < 4.78 is 0. The maximum absolute atomic E-state index is 13.0. The predicted octanol–water partition coefficient (Wildman–Crippen LogP) is 4.40. The molecule has 0 saturated carbocycles. The largest absolute Gasteiger partial charge is 0.325 e. The summed E-state index contributed by atoms with van der Waals surface area (Å²) in [7, 11) is 0. The highest BCUT2D eigenvalue weighted by Gasteiger charge is 2.27. The molecule has 1 N–H and O–H groups in total. The number of nitrogens with one attached hydrogen (secondary N) is 1. The molecule has 8 heteroatoms. The first-order valence-electron chi connectivity index (χ1n) is 10.1. The lowest BCUT2D eigenvalue weighted by Crippen LogP contribution is -2.46. The van der Waals surface area contributed by atoms with Crippen LogP contribution in [0.3, 0.4) is 0 Å². The Bertz CT molecular complexity index is 800. The average molecular weight is 403 g/mol. The molecule has 0 saturated heterocycles. The van der Waals surface area contributed by atoms with Crippen LogP contribution in [0.15, 0.2) is 11.7 Å². The van der Waals surface area contributed by atoms with Gasteiger partial charge >= 0.3 is 6.03 Å². The van der Waals surface area contributed by atoms with Crippen LogP contribution in [0, 0.1) is 0 Å². The highest BCUT2D eigenvalue weighted by atomic mass is 32.1. The number of anilines is 2. The first-order valence-corrected chi connectivity index (χ1v) is 11.0. The summed E-state index contributed by atoms with van der Waals surface area (Å²) in [6.45, 7) is 11.3. The number of thiazole rings is 1. The summed E-state index contributed by atoms with van der Waals surface area (Å²) in [5.41, 5.74) is 3.08. The minimum absolute atomic E-state index is 0.112. The van der Waals surface area contributed by atoms with Crippen LogP contribution in [0.2, 0.25) is 0 Å². The molecule has 0 unspecified atom stereocenters. The van der Waals surface area contributed by atoms with Crippen molar-refractivity contribution in [2.75, 3.05) is 25.0 Å². The van der Waals surface area contributed by atoms with Crippen molar-refractivity contribution in [2.45, 2.75) is 59.4 Å². The van der Waals surface area contributed by atoms with Crippen molar-refractivity contribution in [1.29, 1.82) is 0 Å². The van der Waals surface area contributed by atoms with E-state index in [4.69, 9.17) is 0 Å². The highest BCUT2D eigenvalue weighted by Crippen LogP contribution is 2.29. The molecule has 2 aromatic heterocycles. The fraction of sp³-hybridized carbons (Fsp3) is 0.600. The number of amides is 2. The van der Waals surface area contributed by atoms with E-state index in [1.165, 1.54) is 0 Å². The zero-order valence-corrected chi connectivity index (χ0v) is 18.1. The maximum Gasteiger partial charge on any atom is 0.320 e. The van der Waals surface area contributed by atoms with Crippen LogP contribution in [0.25, 0.3) is 0 Å². The Balaban J connectivity index is 1.78. The summed E-state index contributed by atoms with van der Waals surface area (Å²) in [4.78, 5) is 30.4. The van der Waals surface area contributed by atoms with Crippen LogP contribution >= 0.6 is 11.3 Å². The molecule has 7 nitrogen and oxygen atoms in total. The second kappa shape index (κ2) is 9.32. The Morgan fingerprint density at radius 1 is 1.29 bits per heavy atom. The van der Waals surface area contributed by atoms with Gasteiger partial charge in [0.25, 0.3) is 0 Å². The Kier molecular flexibility index (Phi) is 6.83. The van der Waals surface area contributed by atoms with Gasteiger partial charge in [0.15, 0.2) is 5.13 Å². The smallest absolute Gasteiger partial charge is 0.320 e. The van der Waals surface area contributed by atoms with Gasteiger partial charge in [-0.25, -0.2) is 19.7 Å². The molecule has 0 radical (unpaired) electrons. The second-order valence-corrected chi connectivity index (χ2v) is 8.30. The third kappa shape index (κ3) is 4.60. The first kappa shape index (κ1) is 20.5. The monoisotopic (exact) mass is 402 g/mol. The molecule has 0 aromatic carbocycles. The molecule has 1 aliphatic rings. The fourth-order valence-electron chi connectivity index (χ4n) is 3.37. The lowest BCUT2D eigenvalue weighted by atomic mass is 10.1. The van der Waals surface area contributed by atoms with Crippen LogP contribution in [0.4, 0.5) is 15.7 Å². The molecule has 152 valence electrons. The molecule has 2 amide bonds. The van der Waals surface area contributed by atoms with E-state index in [1.54, 1.807) is 17.7 Å². The number of urea groups is 1. The minimum Gasteiger partial charge on any atom is -0.325 e. The highest BCUT2D eigenvalue weighted by molar-refractivity contribution is 7.13. The number of fused-ring (bicyclic) bond motifs is 1. The molecule has 3 heterocycles. The average Bonchev–Trinajstić information content (AvgIpc) is 3.16. The molecular weight excluding hydrogens is 372 g/mol. The van der Waals surface area contributed by atoms with Crippen LogP contribution < -0.4 is 5.32 Å². The van der Waals surface area contributed by atoms with Crippen molar-refractivity contribution >= 4 is 28.3 Å². The van der Waals surface area contributed by atoms with Gasteiger partial charge in [0.05, 0.1) is 17.9 Å². The van der Waals surface area contributed by atoms with Crippen molar-refractivity contribution in [3.8, 4) is 0 Å². The maximum atomic E-state index is 13.0. The van der Waals surface area contributed by atoms with Crippen molar-refractivity contribution < 1.29 is 4.79 Å². The summed E-state index contributed by atoms with van der Waals surface area (Å²) in [6.07, 6.45) is 4.28. The van der Waals surface area contributed by atoms with Crippen LogP contribution in [0.5, 0.6) is 0 Å². The second-order valence-electron chi connectivity index (χ2n) is 7.45. The predicted molar refractivity (Wildman–Crippen MR) is 113 cm³/mol. The number of carbonyl (C=O) groups excluding carboxylic acids is 1. The van der Waals surface area contributed by atoms with E-state index in [0.717, 1.165) is 60.3 Å². The summed E-state index contributed by atoms with van der Waals surface area (Å²) in [5, 5.41) is 6.25. The lowest BCUT2D eigenvalue weighted by Gasteiger charge is -2.34. The van der Waals surface area contributed by atoms with Crippen molar-refractivity contribution in [3.63, 3.8) is 0 Å². The number of carbonyl (C=O) groups is 1. The van der Waals surface area contributed by atoms with Crippen molar-refractivity contribution in [2.24, 2.45) is 0 Å². The third-order valence-corrected chi connectivity index (χ3v) is 5.64. The van der Waals surface area contributed by atoms with E-state index < -0.39 is 0 Å². The van der Waals surface area contributed by atoms with Gasteiger partial charge in [-0.15, -0.1) is 11.3 Å². The number of rotatable bonds is 7. The van der Waals surface area contributed by atoms with E-state index in [0.29, 0.717) is 19.0 Å². The van der Waals surface area contributed by atoms with Gasteiger partial charge in [-0.05, 0) is 18.8 Å². The summed E-state index contributed by atoms with van der Waals surface area (Å²) >= 11 is 1.58. The van der Waals surface area contributed by atoms with E-state index >= 15 is 0 Å². The van der Waals surface area contributed by atoms with Crippen molar-refractivity contribution in [1.82, 2.24) is 24.8 Å². The van der Waals surface area contributed by atoms with Gasteiger partial charge in [-0.1, -0.05) is 27.7 Å². The molecular formula is C20H30N6OS. The number of hydrogen-bond donors (Lipinski definition) is 1. The van der Waals surface area contributed by atoms with E-state index in [9.17, 15) is 4.79 Å². The van der Waals surface area contributed by atoms with Crippen molar-refractivity contribution in [3.05, 3.63) is 28.7 Å². The Labute approximate surface area is 171 Å². The Morgan fingerprint density at radius 2 is 2.04 bits per heavy atom. The molecule has 1 aliphatic heterocycles. The Hall–Kier alpha value is -2.22. The van der Waals surface area contributed by atoms with E-state index in [-0.39, 0.29) is 6.03 Å². The van der Waals surface area contributed by atoms with Crippen LogP contribution in [-0.4, -0.2) is 50.4 Å². The summed E-state index contributed by atoms with van der Waals surface area (Å²) in [5.74, 6) is 1.15. The molecule has 2 aromatic rings. The van der Waals surface area contributed by atoms with E-state index in [1.807, 2.05) is 9.80 Å². The van der Waals surface area contributed by atoms with Crippen LogP contribution in [-0.2, 0) is 13.0 Å². The molecule has 0 atom stereocenters. The normalized spacial score (nSPS) is 13.5. The van der Waals surface area contributed by atoms with E-state index in [2.05, 4.69) is 53.3 Å². The quantitative estimate of drug-likeness (QED) is 0.743. The van der Waals surface area contributed by atoms with Gasteiger partial charge in [-0.2, -0.15) is 0 Å². The third-order valence-electron chi connectivity index (χ3n) is 4.87. The zero-order chi connectivity index (χ0) is 20.1. The zero-order valence-electron chi connectivity index (χ0n) is 17.2. The fourth-order valence-corrected chi connectivity index (χ4v) is 4.24. The molecule has 28 heavy (non-hydrogen) atoms. The SMILES string of the molecule is CCCN(CCC)C(=O)N1CCc2ncnc(Nc3nc(C(C)C)cs3)c2C1. The van der Waals surface area contributed by atoms with Crippen LogP contribution in [0.1, 0.15) is 63.4 Å². The Morgan fingerprint density at radius 3 is 2.68 bits per heavy atom. The number of hydrogen-bond acceptors (Lipinski definition) is 6. The first-order chi connectivity index (χ1) is 13.5. The lowest BCUT2D eigenvalue weighted by molar-refractivity contribution is 0.147. The molecule has 0 spiro atoms. The van der Waals surface area contributed by atoms with Gasteiger partial charge < -0.3 is 15.1 Å². The summed E-state index contributed by atoms with van der Waals surface area (Å²) in [6, 6.07) is 0.112. The molecule has 3 rings (SSSR count). The standard InChI is InChI=1S/C20H30N6OS/c1-5-8-25(9-6-2)20(27)26-10-7-16-15(11-26)18(22-13-21-16)24-19-23-17(12-28-19)14(3)4/h12-14H,5-11H2,1-4H3,(H,21,22,23,24). The topological polar surface area (TPSA) is 74.2 Å². The number of aromatic nitrogens is 3. The molecule has 0 fully saturated rings. The molecule has 0 bridgehead atoms. The minimum atomic E-state index is 0.112. The molecule has 0 aliphatic carbocycles. The van der Waals surface area contributed by atoms with Gasteiger partial charge in [0.1, 0.15) is 12.1 Å². The van der Waals surface area contributed by atoms with Gasteiger partial charge in [0, 0.05) is 37.0 Å². The number of nitrogens with zero attached hydrogens (tertiary/aromatic N) is 5. The van der Waals surface area contributed by atoms with Gasteiger partial charge in [0.2, 0.25) is 0 Å².